The molecule has 1 fully saturated rings. The quantitative estimate of drug-likeness (QED) is 0.866. The Morgan fingerprint density at radius 3 is 2.85 bits per heavy atom. The third-order valence-electron chi connectivity index (χ3n) is 3.78. The van der Waals surface area contributed by atoms with Crippen molar-refractivity contribution in [3.63, 3.8) is 0 Å². The van der Waals surface area contributed by atoms with Gasteiger partial charge in [0.2, 0.25) is 0 Å². The van der Waals surface area contributed by atoms with Gasteiger partial charge in [0.25, 0.3) is 0 Å². The normalized spacial score (nSPS) is 24.1. The second kappa shape index (κ2) is 6.33. The van der Waals surface area contributed by atoms with E-state index in [1.165, 1.54) is 0 Å². The lowest BCUT2D eigenvalue weighted by atomic mass is 9.90. The topological polar surface area (TPSA) is 52.6 Å². The molecule has 1 unspecified atom stereocenters. The maximum atomic E-state index is 11.8. The molecular formula is C14H18BrClN2O2. The van der Waals surface area contributed by atoms with Crippen molar-refractivity contribution in [2.75, 3.05) is 25.5 Å². The van der Waals surface area contributed by atoms with E-state index < -0.39 is 11.5 Å². The summed E-state index contributed by atoms with van der Waals surface area (Å²) in [4.78, 5) is 13.9. The fourth-order valence-corrected chi connectivity index (χ4v) is 3.01. The van der Waals surface area contributed by atoms with Gasteiger partial charge in [-0.25, -0.2) is 4.79 Å². The van der Waals surface area contributed by atoms with Crippen LogP contribution in [0.2, 0.25) is 5.02 Å². The summed E-state index contributed by atoms with van der Waals surface area (Å²) in [7, 11) is 2.02. The minimum Gasteiger partial charge on any atom is -0.480 e. The summed E-state index contributed by atoms with van der Waals surface area (Å²) < 4.78 is 0.760. The minimum absolute atomic E-state index is 0.582. The van der Waals surface area contributed by atoms with Gasteiger partial charge in [-0.15, -0.1) is 0 Å². The van der Waals surface area contributed by atoms with Crippen LogP contribution in [0, 0.1) is 0 Å². The summed E-state index contributed by atoms with van der Waals surface area (Å²) >= 11 is 9.33. The highest BCUT2D eigenvalue weighted by Crippen LogP contribution is 2.31. The Bertz CT molecular complexity index is 512. The van der Waals surface area contributed by atoms with Gasteiger partial charge >= 0.3 is 5.97 Å². The molecule has 0 radical (unpaired) electrons. The van der Waals surface area contributed by atoms with Gasteiger partial charge in [-0.3, -0.25) is 0 Å². The smallest absolute Gasteiger partial charge is 0.329 e. The minimum atomic E-state index is -0.905. The maximum absolute atomic E-state index is 11.8. The molecule has 2 rings (SSSR count). The molecule has 110 valence electrons. The monoisotopic (exact) mass is 360 g/mol. The van der Waals surface area contributed by atoms with Crippen LogP contribution in [0.4, 0.5) is 5.69 Å². The number of nitrogens with one attached hydrogen (secondary N) is 1. The van der Waals surface area contributed by atoms with Crippen LogP contribution in [0.15, 0.2) is 22.7 Å². The molecule has 0 spiro atoms. The van der Waals surface area contributed by atoms with E-state index >= 15 is 0 Å². The molecule has 1 aliphatic heterocycles. The molecule has 1 aromatic rings. The van der Waals surface area contributed by atoms with Crippen LogP contribution in [-0.4, -0.2) is 41.7 Å². The number of rotatable bonds is 3. The second-order valence-corrected chi connectivity index (χ2v) is 6.56. The maximum Gasteiger partial charge on any atom is 0.329 e. The SMILES string of the molecule is CN1CCCC(Nc2ccc(Cl)c(Br)c2)(C(=O)O)CC1. The predicted molar refractivity (Wildman–Crippen MR) is 84.5 cm³/mol. The van der Waals surface area contributed by atoms with Crippen molar-refractivity contribution in [3.05, 3.63) is 27.7 Å². The molecule has 0 aliphatic carbocycles. The Balaban J connectivity index is 2.24. The highest BCUT2D eigenvalue weighted by Gasteiger charge is 2.39. The Hall–Kier alpha value is -0.780. The van der Waals surface area contributed by atoms with Gasteiger partial charge in [-0.1, -0.05) is 11.6 Å². The lowest BCUT2D eigenvalue weighted by Gasteiger charge is -2.30. The third-order valence-corrected chi connectivity index (χ3v) is 4.99. The van der Waals surface area contributed by atoms with Crippen molar-refractivity contribution < 1.29 is 9.90 Å². The largest absolute Gasteiger partial charge is 0.480 e. The fourth-order valence-electron chi connectivity index (χ4n) is 2.51. The number of carbonyl (C=O) groups is 1. The van der Waals surface area contributed by atoms with Crippen LogP contribution in [0.5, 0.6) is 0 Å². The molecule has 1 aliphatic rings. The summed E-state index contributed by atoms with van der Waals surface area (Å²) in [6, 6.07) is 5.39. The first kappa shape index (κ1) is 15.6. The molecule has 1 atom stereocenters. The lowest BCUT2D eigenvalue weighted by molar-refractivity contribution is -0.142. The number of likely N-dealkylation sites (tertiary alicyclic amines) is 1. The van der Waals surface area contributed by atoms with Gasteiger partial charge in [0.05, 0.1) is 5.02 Å². The van der Waals surface area contributed by atoms with E-state index in [-0.39, 0.29) is 0 Å². The second-order valence-electron chi connectivity index (χ2n) is 5.30. The van der Waals surface area contributed by atoms with Gasteiger partial charge in [0, 0.05) is 16.7 Å². The Kier molecular flexibility index (Phi) is 4.94. The van der Waals surface area contributed by atoms with Crippen molar-refractivity contribution in [3.8, 4) is 0 Å². The fraction of sp³-hybridized carbons (Fsp3) is 0.500. The van der Waals surface area contributed by atoms with Crippen LogP contribution in [0.25, 0.3) is 0 Å². The summed E-state index contributed by atoms with van der Waals surface area (Å²) in [5, 5.41) is 13.5. The summed E-state index contributed by atoms with van der Waals surface area (Å²) in [5.41, 5.74) is -0.133. The molecule has 0 aromatic heterocycles. The van der Waals surface area contributed by atoms with Gasteiger partial charge in [-0.2, -0.15) is 0 Å². The third kappa shape index (κ3) is 3.45. The number of hydrogen-bond acceptors (Lipinski definition) is 3. The summed E-state index contributed by atoms with van der Waals surface area (Å²) in [5.74, 6) is -0.793. The molecule has 1 saturated heterocycles. The summed E-state index contributed by atoms with van der Waals surface area (Å²) in [6.45, 7) is 1.70. The van der Waals surface area contributed by atoms with E-state index in [1.54, 1.807) is 6.07 Å². The number of carboxylic acid groups (broad SMARTS) is 1. The summed E-state index contributed by atoms with van der Waals surface area (Å²) in [6.07, 6.45) is 2.07. The van der Waals surface area contributed by atoms with E-state index in [9.17, 15) is 9.90 Å². The molecule has 4 nitrogen and oxygen atoms in total. The first-order valence-electron chi connectivity index (χ1n) is 6.58. The molecule has 2 N–H and O–H groups in total. The molecule has 0 saturated carbocycles. The number of hydrogen-bond donors (Lipinski definition) is 2. The molecule has 1 heterocycles. The standard InChI is InChI=1S/C14H18BrClN2O2/c1-18-7-2-5-14(6-8-18,13(19)20)17-10-3-4-12(16)11(15)9-10/h3-4,9,17H,2,5-8H2,1H3,(H,19,20). The zero-order chi connectivity index (χ0) is 14.8. The molecule has 1 aromatic carbocycles. The van der Waals surface area contributed by atoms with Crippen LogP contribution >= 0.6 is 27.5 Å². The number of halogens is 2. The molecular weight excluding hydrogens is 344 g/mol. The van der Waals surface area contributed by atoms with Gasteiger partial charge < -0.3 is 15.3 Å². The number of anilines is 1. The van der Waals surface area contributed by atoms with Gasteiger partial charge in [0.15, 0.2) is 0 Å². The van der Waals surface area contributed by atoms with E-state index in [1.807, 2.05) is 19.2 Å². The van der Waals surface area contributed by atoms with Gasteiger partial charge in [-0.05, 0) is 67.0 Å². The van der Waals surface area contributed by atoms with Crippen LogP contribution in [-0.2, 0) is 4.79 Å². The molecule has 0 bridgehead atoms. The number of nitrogens with zero attached hydrogens (tertiary/aromatic N) is 1. The first-order valence-corrected chi connectivity index (χ1v) is 7.75. The van der Waals surface area contributed by atoms with E-state index in [0.29, 0.717) is 17.9 Å². The van der Waals surface area contributed by atoms with Crippen LogP contribution < -0.4 is 5.32 Å². The Labute approximate surface area is 132 Å². The van der Waals surface area contributed by atoms with Crippen LogP contribution in [0.3, 0.4) is 0 Å². The van der Waals surface area contributed by atoms with E-state index in [2.05, 4.69) is 26.1 Å². The Morgan fingerprint density at radius 2 is 2.20 bits per heavy atom. The van der Waals surface area contributed by atoms with Crippen LogP contribution in [0.1, 0.15) is 19.3 Å². The molecule has 0 amide bonds. The highest BCUT2D eigenvalue weighted by molar-refractivity contribution is 9.10. The number of benzene rings is 1. The first-order chi connectivity index (χ1) is 9.43. The lowest BCUT2D eigenvalue weighted by Crippen LogP contribution is -2.47. The average molecular weight is 362 g/mol. The van der Waals surface area contributed by atoms with Gasteiger partial charge in [0.1, 0.15) is 5.54 Å². The Morgan fingerprint density at radius 1 is 1.45 bits per heavy atom. The number of carboxylic acids is 1. The zero-order valence-electron chi connectivity index (χ0n) is 11.3. The number of aliphatic carboxylic acids is 1. The van der Waals surface area contributed by atoms with Crippen molar-refractivity contribution in [1.29, 1.82) is 0 Å². The molecule has 20 heavy (non-hydrogen) atoms. The predicted octanol–water partition coefficient (Wildman–Crippen LogP) is 3.45. The average Bonchev–Trinajstić information content (AvgIpc) is 2.57. The van der Waals surface area contributed by atoms with Crippen molar-refractivity contribution in [2.45, 2.75) is 24.8 Å². The van der Waals surface area contributed by atoms with E-state index in [0.717, 1.165) is 29.7 Å². The van der Waals surface area contributed by atoms with Crippen molar-refractivity contribution in [1.82, 2.24) is 4.90 Å². The van der Waals surface area contributed by atoms with E-state index in [4.69, 9.17) is 11.6 Å². The van der Waals surface area contributed by atoms with Crippen molar-refractivity contribution >= 4 is 39.2 Å². The zero-order valence-corrected chi connectivity index (χ0v) is 13.7. The highest BCUT2D eigenvalue weighted by atomic mass is 79.9. The van der Waals surface area contributed by atoms with Crippen molar-refractivity contribution in [2.24, 2.45) is 0 Å². The molecule has 6 heteroatoms.